The van der Waals surface area contributed by atoms with Crippen molar-refractivity contribution in [3.63, 3.8) is 0 Å². The maximum absolute atomic E-state index is 10.7. The van der Waals surface area contributed by atoms with Crippen molar-refractivity contribution < 1.29 is 14.3 Å². The molecule has 0 unspecified atom stereocenters. The lowest BCUT2D eigenvalue weighted by molar-refractivity contribution is 0.0696. The Hall–Kier alpha value is -2.55. The average Bonchev–Trinajstić information content (AvgIpc) is 3.09. The number of hydrogen-bond acceptors (Lipinski definition) is 7. The van der Waals surface area contributed by atoms with Gasteiger partial charge < -0.3 is 9.52 Å². The van der Waals surface area contributed by atoms with E-state index in [1.165, 1.54) is 11.1 Å². The lowest BCUT2D eigenvalue weighted by atomic mass is 10.4. The van der Waals surface area contributed by atoms with Crippen LogP contribution in [0.3, 0.4) is 0 Å². The van der Waals surface area contributed by atoms with E-state index in [1.807, 2.05) is 0 Å². The van der Waals surface area contributed by atoms with Gasteiger partial charge in [0, 0.05) is 5.38 Å². The van der Waals surface area contributed by atoms with E-state index in [0.717, 1.165) is 11.3 Å². The van der Waals surface area contributed by atoms with Crippen molar-refractivity contribution in [2.75, 3.05) is 0 Å². The third-order valence-electron chi connectivity index (χ3n) is 2.23. The Bertz CT molecular complexity index is 702. The number of thiazole rings is 1. The molecule has 0 spiro atoms. The Morgan fingerprint density at radius 1 is 1.53 bits per heavy atom. The number of hydrogen-bond donors (Lipinski definition) is 1. The van der Waals surface area contributed by atoms with Gasteiger partial charge in [-0.15, -0.1) is 21.5 Å². The summed E-state index contributed by atoms with van der Waals surface area (Å²) in [4.78, 5) is 16.0. The molecule has 0 fully saturated rings. The zero-order chi connectivity index (χ0) is 13.2. The largest absolute Gasteiger partial charge is 0.476 e. The van der Waals surface area contributed by atoms with Crippen LogP contribution in [0.25, 0.3) is 11.6 Å². The summed E-state index contributed by atoms with van der Waals surface area (Å²) >= 11 is 1.06. The molecule has 19 heavy (non-hydrogen) atoms. The summed E-state index contributed by atoms with van der Waals surface area (Å²) in [7, 11) is 0. The SMILES string of the molecule is O=C(O)c1nc(Cn2nnc(-c3ccco3)n2)cs1. The fourth-order valence-electron chi connectivity index (χ4n) is 1.44. The van der Waals surface area contributed by atoms with Gasteiger partial charge in [-0.25, -0.2) is 9.78 Å². The van der Waals surface area contributed by atoms with E-state index in [2.05, 4.69) is 20.4 Å². The lowest BCUT2D eigenvalue weighted by Crippen LogP contribution is -2.05. The van der Waals surface area contributed by atoms with Crippen LogP contribution in [0.15, 0.2) is 28.2 Å². The Labute approximate surface area is 110 Å². The fourth-order valence-corrected chi connectivity index (χ4v) is 2.08. The van der Waals surface area contributed by atoms with Gasteiger partial charge in [-0.3, -0.25) is 0 Å². The zero-order valence-electron chi connectivity index (χ0n) is 9.42. The van der Waals surface area contributed by atoms with Gasteiger partial charge in [-0.2, -0.15) is 4.80 Å². The van der Waals surface area contributed by atoms with E-state index in [4.69, 9.17) is 9.52 Å². The van der Waals surface area contributed by atoms with E-state index in [-0.39, 0.29) is 11.6 Å². The molecule has 3 aromatic heterocycles. The normalized spacial score (nSPS) is 10.7. The monoisotopic (exact) mass is 277 g/mol. The topological polar surface area (TPSA) is 107 Å². The number of carboxylic acids is 1. The van der Waals surface area contributed by atoms with Crippen molar-refractivity contribution in [3.8, 4) is 11.6 Å². The van der Waals surface area contributed by atoms with Gasteiger partial charge in [0.25, 0.3) is 0 Å². The molecule has 0 aromatic carbocycles. The molecule has 3 heterocycles. The minimum atomic E-state index is -1.04. The molecule has 3 rings (SSSR count). The van der Waals surface area contributed by atoms with Gasteiger partial charge >= 0.3 is 5.97 Å². The number of carbonyl (C=O) groups is 1. The average molecular weight is 277 g/mol. The molecule has 3 aromatic rings. The highest BCUT2D eigenvalue weighted by molar-refractivity contribution is 7.11. The van der Waals surface area contributed by atoms with Crippen molar-refractivity contribution in [3.05, 3.63) is 34.5 Å². The Kier molecular flexibility index (Phi) is 2.80. The van der Waals surface area contributed by atoms with Crippen molar-refractivity contribution in [2.24, 2.45) is 0 Å². The first-order valence-corrected chi connectivity index (χ1v) is 6.10. The van der Waals surface area contributed by atoms with Crippen LogP contribution >= 0.6 is 11.3 Å². The van der Waals surface area contributed by atoms with E-state index in [9.17, 15) is 4.79 Å². The maximum atomic E-state index is 10.7. The lowest BCUT2D eigenvalue weighted by Gasteiger charge is -1.92. The molecular formula is C10H7N5O3S. The minimum Gasteiger partial charge on any atom is -0.476 e. The molecule has 0 saturated carbocycles. The summed E-state index contributed by atoms with van der Waals surface area (Å²) in [6.45, 7) is 0.261. The molecule has 8 nitrogen and oxygen atoms in total. The van der Waals surface area contributed by atoms with Crippen LogP contribution in [0.4, 0.5) is 0 Å². The van der Waals surface area contributed by atoms with E-state index < -0.39 is 5.97 Å². The molecular weight excluding hydrogens is 270 g/mol. The van der Waals surface area contributed by atoms with Crippen LogP contribution in [0, 0.1) is 0 Å². The first-order chi connectivity index (χ1) is 9.22. The van der Waals surface area contributed by atoms with Crippen molar-refractivity contribution in [2.45, 2.75) is 6.54 Å². The Morgan fingerprint density at radius 2 is 2.42 bits per heavy atom. The molecule has 0 aliphatic rings. The number of nitrogens with zero attached hydrogens (tertiary/aromatic N) is 5. The van der Waals surface area contributed by atoms with Crippen molar-refractivity contribution in [1.29, 1.82) is 0 Å². The van der Waals surface area contributed by atoms with Crippen molar-refractivity contribution in [1.82, 2.24) is 25.2 Å². The van der Waals surface area contributed by atoms with E-state index in [1.54, 1.807) is 17.5 Å². The third kappa shape index (κ3) is 2.36. The van der Waals surface area contributed by atoms with Gasteiger partial charge in [0.2, 0.25) is 10.8 Å². The molecule has 96 valence electrons. The van der Waals surface area contributed by atoms with Gasteiger partial charge in [-0.05, 0) is 17.3 Å². The Balaban J connectivity index is 1.78. The van der Waals surface area contributed by atoms with Crippen LogP contribution in [-0.2, 0) is 6.54 Å². The molecule has 0 radical (unpaired) electrons. The van der Waals surface area contributed by atoms with E-state index in [0.29, 0.717) is 17.3 Å². The molecule has 1 N–H and O–H groups in total. The van der Waals surface area contributed by atoms with Crippen LogP contribution in [0.1, 0.15) is 15.5 Å². The fraction of sp³-hybridized carbons (Fsp3) is 0.100. The second-order valence-corrected chi connectivity index (χ2v) is 4.43. The Morgan fingerprint density at radius 3 is 3.11 bits per heavy atom. The first-order valence-electron chi connectivity index (χ1n) is 5.22. The summed E-state index contributed by atoms with van der Waals surface area (Å²) < 4.78 is 5.15. The van der Waals surface area contributed by atoms with Gasteiger partial charge in [0.15, 0.2) is 5.76 Å². The van der Waals surface area contributed by atoms with Crippen LogP contribution in [-0.4, -0.2) is 36.3 Å². The predicted molar refractivity (Wildman–Crippen MR) is 63.7 cm³/mol. The number of aromatic nitrogens is 5. The highest BCUT2D eigenvalue weighted by Gasteiger charge is 2.12. The zero-order valence-corrected chi connectivity index (χ0v) is 10.2. The predicted octanol–water partition coefficient (Wildman–Crippen LogP) is 1.14. The second kappa shape index (κ2) is 4.61. The standard InChI is InChI=1S/C10H7N5O3S/c16-10(17)9-11-6(5-19-9)4-15-13-8(12-14-15)7-2-1-3-18-7/h1-3,5H,4H2,(H,16,17). The van der Waals surface area contributed by atoms with Crippen LogP contribution in [0.2, 0.25) is 0 Å². The first kappa shape index (κ1) is 11.5. The molecule has 0 aliphatic carbocycles. The highest BCUT2D eigenvalue weighted by Crippen LogP contribution is 2.14. The number of rotatable bonds is 4. The summed E-state index contributed by atoms with van der Waals surface area (Å²) in [6.07, 6.45) is 1.52. The van der Waals surface area contributed by atoms with Gasteiger partial charge in [0.1, 0.15) is 6.54 Å². The summed E-state index contributed by atoms with van der Waals surface area (Å²) in [5.41, 5.74) is 0.575. The molecule has 9 heteroatoms. The third-order valence-corrected chi connectivity index (χ3v) is 3.11. The second-order valence-electron chi connectivity index (χ2n) is 3.57. The molecule has 0 bridgehead atoms. The molecule has 0 saturated heterocycles. The summed E-state index contributed by atoms with van der Waals surface area (Å²) in [6, 6.07) is 3.46. The number of tetrazole rings is 1. The number of carboxylic acid groups (broad SMARTS) is 1. The smallest absolute Gasteiger partial charge is 0.365 e. The molecule has 0 amide bonds. The number of furan rings is 1. The van der Waals surface area contributed by atoms with Gasteiger partial charge in [0.05, 0.1) is 12.0 Å². The number of aromatic carboxylic acids is 1. The minimum absolute atomic E-state index is 0.0429. The van der Waals surface area contributed by atoms with Crippen molar-refractivity contribution >= 4 is 17.3 Å². The van der Waals surface area contributed by atoms with Crippen LogP contribution in [0.5, 0.6) is 0 Å². The molecule has 0 aliphatic heterocycles. The highest BCUT2D eigenvalue weighted by atomic mass is 32.1. The molecule has 0 atom stereocenters. The van der Waals surface area contributed by atoms with Crippen LogP contribution < -0.4 is 0 Å². The summed E-state index contributed by atoms with van der Waals surface area (Å²) in [5.74, 6) is -0.145. The maximum Gasteiger partial charge on any atom is 0.365 e. The summed E-state index contributed by atoms with van der Waals surface area (Å²) in [5, 5.41) is 22.3. The van der Waals surface area contributed by atoms with E-state index >= 15 is 0 Å². The quantitative estimate of drug-likeness (QED) is 0.761. The van der Waals surface area contributed by atoms with Gasteiger partial charge in [-0.1, -0.05) is 0 Å².